The summed E-state index contributed by atoms with van der Waals surface area (Å²) in [5.41, 5.74) is 4.79. The lowest BCUT2D eigenvalue weighted by molar-refractivity contribution is -0.134. The zero-order valence-electron chi connectivity index (χ0n) is 14.7. The van der Waals surface area contributed by atoms with Gasteiger partial charge in [0.25, 0.3) is 0 Å². The van der Waals surface area contributed by atoms with E-state index < -0.39 is 17.8 Å². The molecule has 2 bridgehead atoms. The van der Waals surface area contributed by atoms with Gasteiger partial charge in [-0.05, 0) is 48.2 Å². The van der Waals surface area contributed by atoms with Gasteiger partial charge in [-0.15, -0.1) is 0 Å². The number of carbonyl (C=O) groups excluding carboxylic acids is 3. The van der Waals surface area contributed by atoms with Crippen molar-refractivity contribution in [3.8, 4) is 0 Å². The van der Waals surface area contributed by atoms with Crippen molar-refractivity contribution in [3.05, 3.63) is 64.7 Å². The Bertz CT molecular complexity index is 993. The number of anilines is 1. The molecule has 0 unspecified atom stereocenters. The normalized spacial score (nSPS) is 29.2. The van der Waals surface area contributed by atoms with Crippen LogP contribution in [0.25, 0.3) is 0 Å². The van der Waals surface area contributed by atoms with E-state index in [4.69, 9.17) is 0 Å². The van der Waals surface area contributed by atoms with E-state index in [-0.39, 0.29) is 23.5 Å². The van der Waals surface area contributed by atoms with Gasteiger partial charge in [0, 0.05) is 12.3 Å². The largest absolute Gasteiger partial charge is 0.299 e. The number of rotatable bonds is 1. The number of carbonyl (C=O) groups is 3. The highest BCUT2D eigenvalue weighted by Crippen LogP contribution is 2.57. The fourth-order valence-electron chi connectivity index (χ4n) is 5.08. The maximum Gasteiger partial charge on any atom is 0.238 e. The highest BCUT2D eigenvalue weighted by atomic mass is 16.2. The van der Waals surface area contributed by atoms with Gasteiger partial charge in [-0.3, -0.25) is 14.4 Å². The molecule has 26 heavy (non-hydrogen) atoms. The number of benzene rings is 2. The highest BCUT2D eigenvalue weighted by molar-refractivity contribution is 6.24. The second-order valence-corrected chi connectivity index (χ2v) is 7.72. The standard InChI is InChI=1S/C22H19NO3/c1-11-7-8-13(9-12(11)2)23-21(25)19-16-10-17(24)18(20(19)22(23)26)15-6-4-3-5-14(15)16/h3-9,16,18-20H,10H2,1-2H3/t16-,18-,19+,20+/m1/s1. The molecule has 4 aliphatic rings. The number of Topliss-reactive ketones (excluding diaryl/α,β-unsaturated/α-hetero) is 1. The quantitative estimate of drug-likeness (QED) is 0.746. The fraction of sp³-hybridized carbons (Fsp3) is 0.318. The predicted octanol–water partition coefficient (Wildman–Crippen LogP) is 3.26. The summed E-state index contributed by atoms with van der Waals surface area (Å²) in [5.74, 6) is -1.90. The van der Waals surface area contributed by atoms with Gasteiger partial charge in [0.15, 0.2) is 0 Å². The molecule has 0 N–H and O–H groups in total. The molecule has 2 amide bonds. The Kier molecular flexibility index (Phi) is 3.06. The van der Waals surface area contributed by atoms with Crippen LogP contribution in [0, 0.1) is 25.7 Å². The third-order valence-corrected chi connectivity index (χ3v) is 6.44. The first-order chi connectivity index (χ1) is 12.5. The molecule has 4 nitrogen and oxygen atoms in total. The van der Waals surface area contributed by atoms with E-state index in [9.17, 15) is 14.4 Å². The van der Waals surface area contributed by atoms with Crippen LogP contribution in [0.15, 0.2) is 42.5 Å². The van der Waals surface area contributed by atoms with Crippen molar-refractivity contribution in [1.29, 1.82) is 0 Å². The molecule has 130 valence electrons. The van der Waals surface area contributed by atoms with Gasteiger partial charge in [-0.1, -0.05) is 30.3 Å². The molecule has 0 spiro atoms. The van der Waals surface area contributed by atoms with Crippen molar-refractivity contribution in [2.75, 3.05) is 4.90 Å². The number of ketones is 1. The summed E-state index contributed by atoms with van der Waals surface area (Å²) >= 11 is 0. The number of imide groups is 1. The summed E-state index contributed by atoms with van der Waals surface area (Å²) in [4.78, 5) is 40.5. The molecule has 1 saturated carbocycles. The lowest BCUT2D eigenvalue weighted by Gasteiger charge is -2.43. The molecule has 2 aromatic carbocycles. The molecule has 2 fully saturated rings. The van der Waals surface area contributed by atoms with Gasteiger partial charge in [0.1, 0.15) is 5.78 Å². The van der Waals surface area contributed by atoms with Crippen molar-refractivity contribution in [3.63, 3.8) is 0 Å². The molecule has 1 aliphatic heterocycles. The summed E-state index contributed by atoms with van der Waals surface area (Å²) in [6, 6.07) is 13.4. The van der Waals surface area contributed by atoms with E-state index in [1.165, 1.54) is 4.90 Å². The Labute approximate surface area is 151 Å². The first kappa shape index (κ1) is 15.5. The van der Waals surface area contributed by atoms with Crippen molar-refractivity contribution in [1.82, 2.24) is 0 Å². The Balaban J connectivity index is 1.65. The minimum absolute atomic E-state index is 0.0954. The molecule has 0 radical (unpaired) electrons. The second-order valence-electron chi connectivity index (χ2n) is 7.72. The Morgan fingerprint density at radius 1 is 0.846 bits per heavy atom. The highest BCUT2D eigenvalue weighted by Gasteiger charge is 2.62. The second kappa shape index (κ2) is 5.13. The van der Waals surface area contributed by atoms with Gasteiger partial charge in [0.2, 0.25) is 11.8 Å². The van der Waals surface area contributed by atoms with Crippen LogP contribution in [0.2, 0.25) is 0 Å². The van der Waals surface area contributed by atoms with Gasteiger partial charge >= 0.3 is 0 Å². The van der Waals surface area contributed by atoms with Crippen LogP contribution in [0.4, 0.5) is 5.69 Å². The van der Waals surface area contributed by atoms with Crippen LogP contribution in [-0.2, 0) is 14.4 Å². The lowest BCUT2D eigenvalue weighted by atomic mass is 9.56. The monoisotopic (exact) mass is 345 g/mol. The number of amides is 2. The molecule has 4 heteroatoms. The summed E-state index contributed by atoms with van der Waals surface area (Å²) < 4.78 is 0. The van der Waals surface area contributed by atoms with Crippen molar-refractivity contribution in [2.45, 2.75) is 32.1 Å². The first-order valence-electron chi connectivity index (χ1n) is 9.05. The number of hydrogen-bond acceptors (Lipinski definition) is 3. The van der Waals surface area contributed by atoms with Gasteiger partial charge in [0.05, 0.1) is 23.4 Å². The Hall–Kier alpha value is -2.75. The van der Waals surface area contributed by atoms with E-state index in [1.807, 2.05) is 56.3 Å². The minimum atomic E-state index is -0.551. The van der Waals surface area contributed by atoms with Crippen LogP contribution in [0.5, 0.6) is 0 Å². The molecule has 0 aromatic heterocycles. The summed E-state index contributed by atoms with van der Waals surface area (Å²) in [7, 11) is 0. The van der Waals surface area contributed by atoms with Crippen LogP contribution in [-0.4, -0.2) is 17.6 Å². The average molecular weight is 345 g/mol. The summed E-state index contributed by atoms with van der Waals surface area (Å²) in [6.45, 7) is 3.97. The molecule has 6 rings (SSSR count). The average Bonchev–Trinajstić information content (AvgIpc) is 2.90. The van der Waals surface area contributed by atoms with Gasteiger partial charge in [-0.2, -0.15) is 0 Å². The maximum absolute atomic E-state index is 13.2. The predicted molar refractivity (Wildman–Crippen MR) is 96.9 cm³/mol. The van der Waals surface area contributed by atoms with Gasteiger partial charge in [-0.25, -0.2) is 4.90 Å². The zero-order chi connectivity index (χ0) is 18.2. The zero-order valence-corrected chi connectivity index (χ0v) is 14.7. The molecule has 4 atom stereocenters. The molecular weight excluding hydrogens is 326 g/mol. The van der Waals surface area contributed by atoms with E-state index in [1.54, 1.807) is 0 Å². The minimum Gasteiger partial charge on any atom is -0.299 e. The number of aryl methyl sites for hydroxylation is 2. The summed E-state index contributed by atoms with van der Waals surface area (Å²) in [5, 5.41) is 0. The lowest BCUT2D eigenvalue weighted by Crippen LogP contribution is -2.44. The van der Waals surface area contributed by atoms with Crippen molar-refractivity contribution >= 4 is 23.3 Å². The van der Waals surface area contributed by atoms with E-state index in [0.717, 1.165) is 22.3 Å². The van der Waals surface area contributed by atoms with E-state index in [0.29, 0.717) is 12.1 Å². The molecular formula is C22H19NO3. The Morgan fingerprint density at radius 3 is 2.27 bits per heavy atom. The first-order valence-corrected chi connectivity index (χ1v) is 9.05. The molecule has 2 aromatic rings. The molecule has 3 aliphatic carbocycles. The Morgan fingerprint density at radius 2 is 1.54 bits per heavy atom. The fourth-order valence-corrected chi connectivity index (χ4v) is 5.08. The van der Waals surface area contributed by atoms with E-state index >= 15 is 0 Å². The summed E-state index contributed by atoms with van der Waals surface area (Å²) in [6.07, 6.45) is 0.364. The van der Waals surface area contributed by atoms with Gasteiger partial charge < -0.3 is 0 Å². The molecule has 1 saturated heterocycles. The van der Waals surface area contributed by atoms with Crippen LogP contribution < -0.4 is 4.90 Å². The number of fused-ring (bicyclic) bond motifs is 1. The number of hydrogen-bond donors (Lipinski definition) is 0. The van der Waals surface area contributed by atoms with E-state index in [2.05, 4.69) is 0 Å². The SMILES string of the molecule is Cc1ccc(N2C(=O)[C@@H]3[C@@H](C2=O)[C@H]2C(=O)C[C@@H]3c3ccccc32)cc1C. The van der Waals surface area contributed by atoms with Crippen LogP contribution in [0.1, 0.15) is 40.5 Å². The van der Waals surface area contributed by atoms with Crippen LogP contribution in [0.3, 0.4) is 0 Å². The number of nitrogens with zero attached hydrogens (tertiary/aromatic N) is 1. The van der Waals surface area contributed by atoms with Crippen molar-refractivity contribution < 1.29 is 14.4 Å². The molecule has 1 heterocycles. The topological polar surface area (TPSA) is 54.5 Å². The smallest absolute Gasteiger partial charge is 0.238 e. The third-order valence-electron chi connectivity index (χ3n) is 6.44. The van der Waals surface area contributed by atoms with Crippen molar-refractivity contribution in [2.24, 2.45) is 11.8 Å². The third kappa shape index (κ3) is 1.82. The maximum atomic E-state index is 13.2. The van der Waals surface area contributed by atoms with Crippen LogP contribution >= 0.6 is 0 Å².